The van der Waals surface area contributed by atoms with Crippen LogP contribution in [0.3, 0.4) is 0 Å². The van der Waals surface area contributed by atoms with Gasteiger partial charge in [-0.2, -0.15) is 0 Å². The van der Waals surface area contributed by atoms with Crippen LogP contribution in [0.5, 0.6) is 0 Å². The summed E-state index contributed by atoms with van der Waals surface area (Å²) in [5, 5.41) is 19.7. The number of nitrogens with two attached hydrogens (primary N) is 1. The molecule has 0 radical (unpaired) electrons. The van der Waals surface area contributed by atoms with Crippen LogP contribution < -0.4 is 21.7 Å². The Kier molecular flexibility index (Phi) is 12.5. The monoisotopic (exact) mass is 671 g/mol. The fraction of sp³-hybridized carbons (Fsp3) is 0.378. The molecule has 4 rings (SSSR count). The number of hydrogen-bond donors (Lipinski definition) is 5. The fourth-order valence-corrected chi connectivity index (χ4v) is 5.91. The summed E-state index contributed by atoms with van der Waals surface area (Å²) in [6, 6.07) is 23.6. The van der Waals surface area contributed by atoms with Gasteiger partial charge in [-0.15, -0.1) is 0 Å². The molecule has 5 amide bonds. The summed E-state index contributed by atoms with van der Waals surface area (Å²) in [5.41, 5.74) is 7.12. The van der Waals surface area contributed by atoms with E-state index in [-0.39, 0.29) is 31.4 Å². The Balaban J connectivity index is 1.56. The first-order valence-electron chi connectivity index (χ1n) is 16.3. The van der Waals surface area contributed by atoms with E-state index < -0.39 is 60.0 Å². The molecule has 1 fully saturated rings. The maximum atomic E-state index is 14.1. The molecule has 12 heteroatoms. The third-order valence-corrected chi connectivity index (χ3v) is 8.16. The second-order valence-electron chi connectivity index (χ2n) is 13.2. The average molecular weight is 672 g/mol. The standard InChI is InChI=1S/C37H45N5O7/c1-37(2,3)41-34(46)31-27(26-17-11-6-12-18-26)19-20-42(31)35(47)32(44)28(21-24-13-7-4-8-14-24)39-33(45)29(22-30(38)43)40-36(48)49-23-25-15-9-5-10-16-25/h4-18,27-29,31-32,44H,19-23H2,1-3H3,(H2,38,43)(H,39,45)(H,40,48)(H,41,46)/t27-,28?,29+,31+,32?/m1/s1. The number of ether oxygens (including phenoxy) is 1. The molecule has 12 nitrogen and oxygen atoms in total. The van der Waals surface area contributed by atoms with E-state index in [1.165, 1.54) is 4.90 Å². The van der Waals surface area contributed by atoms with Gasteiger partial charge in [-0.05, 0) is 50.3 Å². The van der Waals surface area contributed by atoms with E-state index in [1.54, 1.807) is 54.6 Å². The summed E-state index contributed by atoms with van der Waals surface area (Å²) in [6.07, 6.45) is -2.80. The van der Waals surface area contributed by atoms with Crippen LogP contribution in [0.1, 0.15) is 56.2 Å². The zero-order valence-corrected chi connectivity index (χ0v) is 28.0. The van der Waals surface area contributed by atoms with Crippen LogP contribution in [0.25, 0.3) is 0 Å². The molecule has 3 aromatic carbocycles. The van der Waals surface area contributed by atoms with E-state index in [9.17, 15) is 29.1 Å². The largest absolute Gasteiger partial charge is 0.445 e. The van der Waals surface area contributed by atoms with Crippen molar-refractivity contribution in [3.8, 4) is 0 Å². The van der Waals surface area contributed by atoms with Gasteiger partial charge in [0.25, 0.3) is 5.91 Å². The number of benzene rings is 3. The number of amides is 5. The maximum Gasteiger partial charge on any atom is 0.408 e. The topological polar surface area (TPSA) is 180 Å². The van der Waals surface area contributed by atoms with Crippen LogP contribution in [0.2, 0.25) is 0 Å². The molecule has 0 bridgehead atoms. The number of alkyl carbamates (subject to hydrolysis) is 1. The molecule has 1 heterocycles. The van der Waals surface area contributed by atoms with Crippen molar-refractivity contribution in [2.24, 2.45) is 5.73 Å². The summed E-state index contributed by atoms with van der Waals surface area (Å²) < 4.78 is 5.23. The minimum atomic E-state index is -1.79. The highest BCUT2D eigenvalue weighted by Gasteiger charge is 2.46. The molecule has 3 aromatic rings. The van der Waals surface area contributed by atoms with Crippen molar-refractivity contribution in [1.82, 2.24) is 20.9 Å². The molecular weight excluding hydrogens is 626 g/mol. The Morgan fingerprint density at radius 1 is 0.878 bits per heavy atom. The van der Waals surface area contributed by atoms with Crippen molar-refractivity contribution >= 4 is 29.7 Å². The van der Waals surface area contributed by atoms with Gasteiger partial charge in [0.1, 0.15) is 18.7 Å². The molecule has 1 aliphatic heterocycles. The lowest BCUT2D eigenvalue weighted by Crippen LogP contribution is -2.59. The summed E-state index contributed by atoms with van der Waals surface area (Å²) in [7, 11) is 0. The highest BCUT2D eigenvalue weighted by molar-refractivity contribution is 5.93. The van der Waals surface area contributed by atoms with Crippen molar-refractivity contribution in [1.29, 1.82) is 0 Å². The summed E-state index contributed by atoms with van der Waals surface area (Å²) in [5.74, 6) is -3.14. The van der Waals surface area contributed by atoms with Gasteiger partial charge in [-0.3, -0.25) is 19.2 Å². The van der Waals surface area contributed by atoms with Gasteiger partial charge in [0, 0.05) is 18.0 Å². The van der Waals surface area contributed by atoms with Gasteiger partial charge in [-0.1, -0.05) is 91.0 Å². The number of rotatable bonds is 13. The van der Waals surface area contributed by atoms with Crippen molar-refractivity contribution in [3.63, 3.8) is 0 Å². The predicted octanol–water partition coefficient (Wildman–Crippen LogP) is 2.54. The van der Waals surface area contributed by atoms with Crippen LogP contribution in [0, 0.1) is 0 Å². The minimum absolute atomic E-state index is 0.0238. The molecule has 6 N–H and O–H groups in total. The molecule has 49 heavy (non-hydrogen) atoms. The molecule has 0 aromatic heterocycles. The molecule has 2 unspecified atom stereocenters. The van der Waals surface area contributed by atoms with Crippen LogP contribution >= 0.6 is 0 Å². The molecule has 0 spiro atoms. The van der Waals surface area contributed by atoms with Crippen molar-refractivity contribution in [2.75, 3.05) is 6.54 Å². The number of carbonyl (C=O) groups is 5. The Bertz CT molecular complexity index is 1580. The van der Waals surface area contributed by atoms with Crippen LogP contribution in [0.4, 0.5) is 4.79 Å². The van der Waals surface area contributed by atoms with Gasteiger partial charge >= 0.3 is 6.09 Å². The Morgan fingerprint density at radius 3 is 2.02 bits per heavy atom. The first-order valence-corrected chi connectivity index (χ1v) is 16.3. The molecular formula is C37H45N5O7. The quantitative estimate of drug-likeness (QED) is 0.185. The van der Waals surface area contributed by atoms with E-state index in [2.05, 4.69) is 16.0 Å². The number of carbonyl (C=O) groups excluding carboxylic acids is 5. The second-order valence-corrected chi connectivity index (χ2v) is 13.2. The van der Waals surface area contributed by atoms with Crippen molar-refractivity contribution in [2.45, 2.75) is 82.3 Å². The molecule has 0 saturated carbocycles. The van der Waals surface area contributed by atoms with Gasteiger partial charge in [0.05, 0.1) is 12.5 Å². The van der Waals surface area contributed by atoms with Gasteiger partial charge in [0.15, 0.2) is 6.10 Å². The number of primary amides is 1. The summed E-state index contributed by atoms with van der Waals surface area (Å²) in [4.78, 5) is 67.4. The third kappa shape index (κ3) is 10.6. The molecule has 260 valence electrons. The summed E-state index contributed by atoms with van der Waals surface area (Å²) in [6.45, 7) is 5.65. The lowest BCUT2D eigenvalue weighted by Gasteiger charge is -2.34. The first-order chi connectivity index (χ1) is 23.3. The molecule has 5 atom stereocenters. The predicted molar refractivity (Wildman–Crippen MR) is 183 cm³/mol. The third-order valence-electron chi connectivity index (χ3n) is 8.16. The Morgan fingerprint density at radius 2 is 1.45 bits per heavy atom. The number of likely N-dealkylation sites (tertiary alicyclic amines) is 1. The zero-order chi connectivity index (χ0) is 35.6. The highest BCUT2D eigenvalue weighted by Crippen LogP contribution is 2.35. The van der Waals surface area contributed by atoms with Gasteiger partial charge in [0.2, 0.25) is 17.7 Å². The van der Waals surface area contributed by atoms with Crippen molar-refractivity contribution < 1.29 is 33.8 Å². The van der Waals surface area contributed by atoms with Gasteiger partial charge < -0.3 is 36.4 Å². The lowest BCUT2D eigenvalue weighted by molar-refractivity contribution is -0.147. The lowest BCUT2D eigenvalue weighted by atomic mass is 9.90. The second kappa shape index (κ2) is 16.7. The molecule has 1 saturated heterocycles. The van der Waals surface area contributed by atoms with E-state index in [4.69, 9.17) is 10.5 Å². The van der Waals surface area contributed by atoms with E-state index in [1.807, 2.05) is 57.2 Å². The first kappa shape index (κ1) is 36.6. The Hall–Kier alpha value is -5.23. The van der Waals surface area contributed by atoms with E-state index in [0.717, 1.165) is 5.56 Å². The SMILES string of the molecule is CC(C)(C)NC(=O)[C@@H]1[C@@H](c2ccccc2)CCN1C(=O)C(O)C(Cc1ccccc1)NC(=O)[C@H](CC(N)=O)NC(=O)OCc1ccccc1. The van der Waals surface area contributed by atoms with Crippen LogP contribution in [-0.2, 0) is 36.9 Å². The van der Waals surface area contributed by atoms with Gasteiger partial charge in [-0.25, -0.2) is 4.79 Å². The van der Waals surface area contributed by atoms with Crippen LogP contribution in [-0.4, -0.2) is 76.0 Å². The zero-order valence-electron chi connectivity index (χ0n) is 28.0. The molecule has 1 aliphatic rings. The summed E-state index contributed by atoms with van der Waals surface area (Å²) >= 11 is 0. The fourth-order valence-electron chi connectivity index (χ4n) is 5.91. The normalized spacial score (nSPS) is 17.7. The number of hydrogen-bond acceptors (Lipinski definition) is 7. The number of nitrogens with one attached hydrogen (secondary N) is 3. The number of aliphatic hydroxyl groups is 1. The van der Waals surface area contributed by atoms with E-state index >= 15 is 0 Å². The minimum Gasteiger partial charge on any atom is -0.445 e. The number of aliphatic hydroxyl groups excluding tert-OH is 1. The average Bonchev–Trinajstić information content (AvgIpc) is 3.52. The maximum absolute atomic E-state index is 14.1. The van der Waals surface area contributed by atoms with Crippen molar-refractivity contribution in [3.05, 3.63) is 108 Å². The smallest absolute Gasteiger partial charge is 0.408 e. The Labute approximate surface area is 286 Å². The molecule has 0 aliphatic carbocycles. The van der Waals surface area contributed by atoms with E-state index in [0.29, 0.717) is 17.5 Å². The highest BCUT2D eigenvalue weighted by atomic mass is 16.5. The number of nitrogens with zero attached hydrogens (tertiary/aromatic N) is 1. The van der Waals surface area contributed by atoms with Crippen LogP contribution in [0.15, 0.2) is 91.0 Å².